The predicted octanol–water partition coefficient (Wildman–Crippen LogP) is 1.90. The van der Waals surface area contributed by atoms with Crippen LogP contribution < -0.4 is 4.90 Å². The lowest BCUT2D eigenvalue weighted by molar-refractivity contribution is -0.151. The van der Waals surface area contributed by atoms with Crippen LogP contribution >= 0.6 is 0 Å². The summed E-state index contributed by atoms with van der Waals surface area (Å²) in [5.41, 5.74) is 2.96. The first-order valence-electron chi connectivity index (χ1n) is 6.62. The van der Waals surface area contributed by atoms with E-state index in [9.17, 15) is 9.59 Å². The number of hydrogen-bond acceptors (Lipinski definition) is 3. The van der Waals surface area contributed by atoms with Crippen LogP contribution in [0.5, 0.6) is 0 Å². The first kappa shape index (κ1) is 14.5. The largest absolute Gasteiger partial charge is 0.479 e. The van der Waals surface area contributed by atoms with Crippen molar-refractivity contribution in [2.75, 3.05) is 11.9 Å². The van der Waals surface area contributed by atoms with Gasteiger partial charge < -0.3 is 14.7 Å². The lowest BCUT2D eigenvalue weighted by Crippen LogP contribution is -2.37. The Morgan fingerprint density at radius 2 is 1.70 bits per heavy atom. The van der Waals surface area contributed by atoms with Crippen molar-refractivity contribution in [3.8, 4) is 0 Å². The molecule has 1 aromatic rings. The minimum Gasteiger partial charge on any atom is -0.479 e. The molecule has 1 heterocycles. The van der Waals surface area contributed by atoms with Gasteiger partial charge in [-0.3, -0.25) is 4.79 Å². The lowest BCUT2D eigenvalue weighted by Gasteiger charge is -2.22. The second-order valence-corrected chi connectivity index (χ2v) is 5.27. The van der Waals surface area contributed by atoms with Gasteiger partial charge in [-0.1, -0.05) is 6.07 Å². The summed E-state index contributed by atoms with van der Waals surface area (Å²) in [6.07, 6.45) is -0.698. The highest BCUT2D eigenvalue weighted by atomic mass is 16.5. The van der Waals surface area contributed by atoms with Gasteiger partial charge in [0, 0.05) is 12.7 Å². The number of anilines is 1. The van der Waals surface area contributed by atoms with E-state index in [0.29, 0.717) is 12.8 Å². The van der Waals surface area contributed by atoms with Crippen LogP contribution in [0.1, 0.15) is 24.0 Å². The maximum atomic E-state index is 12.3. The van der Waals surface area contributed by atoms with Crippen LogP contribution in [0.2, 0.25) is 0 Å². The number of aliphatic carboxylic acids is 1. The second-order valence-electron chi connectivity index (χ2n) is 5.27. The maximum absolute atomic E-state index is 12.3. The topological polar surface area (TPSA) is 66.8 Å². The molecule has 2 rings (SSSR count). The summed E-state index contributed by atoms with van der Waals surface area (Å²) in [6.45, 7) is 3.95. The minimum atomic E-state index is -1.01. The van der Waals surface area contributed by atoms with Gasteiger partial charge in [0.25, 0.3) is 5.91 Å². The van der Waals surface area contributed by atoms with E-state index in [1.54, 1.807) is 7.05 Å². The summed E-state index contributed by atoms with van der Waals surface area (Å²) in [6, 6.07) is 5.89. The van der Waals surface area contributed by atoms with E-state index in [1.807, 2.05) is 32.0 Å². The Hall–Kier alpha value is -1.88. The van der Waals surface area contributed by atoms with Gasteiger partial charge in [-0.25, -0.2) is 4.79 Å². The molecule has 5 heteroatoms. The number of likely N-dealkylation sites (N-methyl/N-ethyl adjacent to an activating group) is 1. The zero-order chi connectivity index (χ0) is 14.9. The Bertz CT molecular complexity index is 520. The number of nitrogens with zero attached hydrogens (tertiary/aromatic N) is 1. The van der Waals surface area contributed by atoms with Crippen molar-refractivity contribution in [3.05, 3.63) is 29.3 Å². The molecule has 0 radical (unpaired) electrons. The normalized spacial score (nSPS) is 21.8. The molecule has 2 unspecified atom stereocenters. The molecule has 20 heavy (non-hydrogen) atoms. The first-order chi connectivity index (χ1) is 9.38. The molecule has 0 saturated carbocycles. The molecule has 2 atom stereocenters. The smallest absolute Gasteiger partial charge is 0.332 e. The van der Waals surface area contributed by atoms with Crippen molar-refractivity contribution in [1.29, 1.82) is 0 Å². The summed E-state index contributed by atoms with van der Waals surface area (Å²) in [4.78, 5) is 24.7. The van der Waals surface area contributed by atoms with Crippen molar-refractivity contribution in [3.63, 3.8) is 0 Å². The van der Waals surface area contributed by atoms with Crippen LogP contribution in [0.4, 0.5) is 5.69 Å². The predicted molar refractivity (Wildman–Crippen MR) is 74.9 cm³/mol. The van der Waals surface area contributed by atoms with Crippen LogP contribution in [0, 0.1) is 13.8 Å². The molecule has 0 spiro atoms. The van der Waals surface area contributed by atoms with Crippen molar-refractivity contribution < 1.29 is 19.4 Å². The third kappa shape index (κ3) is 2.99. The quantitative estimate of drug-likeness (QED) is 0.916. The van der Waals surface area contributed by atoms with Crippen LogP contribution in [-0.4, -0.2) is 36.2 Å². The lowest BCUT2D eigenvalue weighted by atomic mass is 10.1. The molecule has 1 N–H and O–H groups in total. The van der Waals surface area contributed by atoms with Gasteiger partial charge in [-0.15, -0.1) is 0 Å². The fraction of sp³-hybridized carbons (Fsp3) is 0.467. The van der Waals surface area contributed by atoms with E-state index in [-0.39, 0.29) is 5.91 Å². The number of aryl methyl sites for hydroxylation is 2. The van der Waals surface area contributed by atoms with Crippen LogP contribution in [0.3, 0.4) is 0 Å². The number of carbonyl (C=O) groups excluding carboxylic acids is 1. The molecule has 0 aromatic heterocycles. The molecule has 1 saturated heterocycles. The molecule has 108 valence electrons. The zero-order valence-electron chi connectivity index (χ0n) is 11.9. The molecular formula is C15H19NO4. The summed E-state index contributed by atoms with van der Waals surface area (Å²) in [5, 5.41) is 8.89. The Morgan fingerprint density at radius 3 is 2.20 bits per heavy atom. The van der Waals surface area contributed by atoms with E-state index in [2.05, 4.69) is 0 Å². The zero-order valence-corrected chi connectivity index (χ0v) is 11.9. The highest BCUT2D eigenvalue weighted by Crippen LogP contribution is 2.24. The summed E-state index contributed by atoms with van der Waals surface area (Å²) in [5.74, 6) is -1.20. The Balaban J connectivity index is 2.11. The fourth-order valence-electron chi connectivity index (χ4n) is 2.49. The highest BCUT2D eigenvalue weighted by molar-refractivity contribution is 5.96. The van der Waals surface area contributed by atoms with E-state index in [0.717, 1.165) is 16.8 Å². The molecule has 1 amide bonds. The number of carbonyl (C=O) groups is 2. The molecular weight excluding hydrogens is 258 g/mol. The molecule has 1 aliphatic heterocycles. The number of hydrogen-bond donors (Lipinski definition) is 1. The van der Waals surface area contributed by atoms with Gasteiger partial charge in [-0.05, 0) is 49.9 Å². The van der Waals surface area contributed by atoms with E-state index < -0.39 is 18.2 Å². The van der Waals surface area contributed by atoms with Crippen LogP contribution in [0.15, 0.2) is 18.2 Å². The number of carboxylic acids is 1. The van der Waals surface area contributed by atoms with E-state index >= 15 is 0 Å². The van der Waals surface area contributed by atoms with Gasteiger partial charge in [0.1, 0.15) is 6.10 Å². The highest BCUT2D eigenvalue weighted by Gasteiger charge is 2.36. The monoisotopic (exact) mass is 277 g/mol. The van der Waals surface area contributed by atoms with Crippen molar-refractivity contribution >= 4 is 17.6 Å². The fourth-order valence-corrected chi connectivity index (χ4v) is 2.49. The Morgan fingerprint density at radius 1 is 1.15 bits per heavy atom. The number of ether oxygens (including phenoxy) is 1. The van der Waals surface area contributed by atoms with Crippen LogP contribution in [0.25, 0.3) is 0 Å². The third-order valence-corrected chi connectivity index (χ3v) is 3.49. The summed E-state index contributed by atoms with van der Waals surface area (Å²) < 4.78 is 5.30. The SMILES string of the molecule is Cc1cc(C)cc(N(C)C(=O)C2CCC(C(=O)O)O2)c1. The molecule has 5 nitrogen and oxygen atoms in total. The average molecular weight is 277 g/mol. The van der Waals surface area contributed by atoms with Crippen molar-refractivity contribution in [2.24, 2.45) is 0 Å². The van der Waals surface area contributed by atoms with Gasteiger partial charge in [-0.2, -0.15) is 0 Å². The van der Waals surface area contributed by atoms with Gasteiger partial charge in [0.15, 0.2) is 6.10 Å². The van der Waals surface area contributed by atoms with Crippen molar-refractivity contribution in [1.82, 2.24) is 0 Å². The number of rotatable bonds is 3. The molecule has 1 aliphatic rings. The summed E-state index contributed by atoms with van der Waals surface area (Å²) in [7, 11) is 1.69. The van der Waals surface area contributed by atoms with E-state index in [1.165, 1.54) is 4.90 Å². The molecule has 1 fully saturated rings. The average Bonchev–Trinajstić information content (AvgIpc) is 2.85. The molecule has 1 aromatic carbocycles. The Labute approximate surface area is 118 Å². The van der Waals surface area contributed by atoms with Crippen LogP contribution in [-0.2, 0) is 14.3 Å². The van der Waals surface area contributed by atoms with Crippen molar-refractivity contribution in [2.45, 2.75) is 38.9 Å². The maximum Gasteiger partial charge on any atom is 0.332 e. The van der Waals surface area contributed by atoms with E-state index in [4.69, 9.17) is 9.84 Å². The molecule has 0 aliphatic carbocycles. The Kier molecular flexibility index (Phi) is 4.09. The number of carboxylic acid groups (broad SMARTS) is 1. The van der Waals surface area contributed by atoms with Gasteiger partial charge in [0.2, 0.25) is 0 Å². The summed E-state index contributed by atoms with van der Waals surface area (Å²) >= 11 is 0. The minimum absolute atomic E-state index is 0.196. The van der Waals surface area contributed by atoms with Gasteiger partial charge >= 0.3 is 5.97 Å². The third-order valence-electron chi connectivity index (χ3n) is 3.49. The number of benzene rings is 1. The molecule has 0 bridgehead atoms. The standard InChI is InChI=1S/C15H19NO4/c1-9-6-10(2)8-11(7-9)16(3)14(17)12-4-5-13(20-12)15(18)19/h6-8,12-13H,4-5H2,1-3H3,(H,18,19). The first-order valence-corrected chi connectivity index (χ1v) is 6.62. The van der Waals surface area contributed by atoms with Gasteiger partial charge in [0.05, 0.1) is 0 Å². The number of amides is 1. The second kappa shape index (κ2) is 5.63.